The van der Waals surface area contributed by atoms with Crippen molar-refractivity contribution < 1.29 is 94.5 Å². The van der Waals surface area contributed by atoms with Crippen molar-refractivity contribution in [3.05, 3.63) is 11.6 Å². The summed E-state index contributed by atoms with van der Waals surface area (Å²) < 4.78 is 35.3. The zero-order valence-electron chi connectivity index (χ0n) is 40.3. The molecule has 19 heteroatoms. The normalized spacial score (nSPS) is 49.3. The molecule has 0 spiro atoms. The topological polar surface area (TPSA) is 315 Å². The molecule has 3 saturated carbocycles. The third-order valence-electron chi connectivity index (χ3n) is 18.3. The summed E-state index contributed by atoms with van der Waals surface area (Å²) in [6.07, 6.45) is -15.7. The van der Waals surface area contributed by atoms with E-state index in [0.29, 0.717) is 25.7 Å². The van der Waals surface area contributed by atoms with E-state index >= 15 is 4.79 Å². The van der Waals surface area contributed by atoms with E-state index in [2.05, 4.69) is 40.7 Å². The molecular weight excluding hydrogens is 881 g/mol. The van der Waals surface area contributed by atoms with Crippen LogP contribution in [0.25, 0.3) is 0 Å². The van der Waals surface area contributed by atoms with Crippen LogP contribution < -0.4 is 0 Å². The summed E-state index contributed by atoms with van der Waals surface area (Å²) in [6, 6.07) is 0. The number of aliphatic hydroxyl groups excluding tert-OH is 10. The van der Waals surface area contributed by atoms with Crippen molar-refractivity contribution in [3.63, 3.8) is 0 Å². The van der Waals surface area contributed by atoms with E-state index < -0.39 is 145 Å². The zero-order valence-corrected chi connectivity index (χ0v) is 40.3. The molecule has 0 aromatic carbocycles. The fraction of sp³-hybridized carbons (Fsp3) is 0.938. The van der Waals surface area contributed by atoms with Crippen LogP contribution >= 0.6 is 0 Å². The Kier molecular flexibility index (Phi) is 15.4. The van der Waals surface area contributed by atoms with Crippen LogP contribution in [0.3, 0.4) is 0 Å². The van der Waals surface area contributed by atoms with E-state index in [9.17, 15) is 61.3 Å². The van der Waals surface area contributed by atoms with E-state index in [0.717, 1.165) is 12.0 Å². The van der Waals surface area contributed by atoms with Gasteiger partial charge in [0.1, 0.15) is 60.7 Å². The van der Waals surface area contributed by atoms with Gasteiger partial charge < -0.3 is 89.7 Å². The lowest BCUT2D eigenvalue weighted by molar-refractivity contribution is -0.336. The van der Waals surface area contributed by atoms with Gasteiger partial charge in [0, 0.05) is 23.7 Å². The first-order chi connectivity index (χ1) is 31.1. The van der Waals surface area contributed by atoms with Gasteiger partial charge in [-0.2, -0.15) is 0 Å². The van der Waals surface area contributed by atoms with Gasteiger partial charge in [0.15, 0.2) is 18.9 Å². The quantitative estimate of drug-likeness (QED) is 0.0958. The van der Waals surface area contributed by atoms with Crippen molar-refractivity contribution in [2.45, 2.75) is 223 Å². The summed E-state index contributed by atoms with van der Waals surface area (Å²) in [6.45, 7) is 13.9. The van der Waals surface area contributed by atoms with Gasteiger partial charge >= 0.3 is 0 Å². The Labute approximate surface area is 393 Å². The molecule has 0 bridgehead atoms. The number of ether oxygens (including phenoxy) is 6. The first-order valence-electron chi connectivity index (χ1n) is 24.3. The van der Waals surface area contributed by atoms with Crippen molar-refractivity contribution in [2.75, 3.05) is 19.8 Å². The Morgan fingerprint density at radius 2 is 1.37 bits per heavy atom. The molecule has 0 aromatic rings. The number of hydrogen-bond donors (Lipinski definition) is 12. The summed E-state index contributed by atoms with van der Waals surface area (Å²) in [4.78, 5) is 15.0. The van der Waals surface area contributed by atoms with Gasteiger partial charge in [0.2, 0.25) is 0 Å². The lowest BCUT2D eigenvalue weighted by Gasteiger charge is -2.65. The van der Waals surface area contributed by atoms with Crippen LogP contribution in [-0.2, 0) is 33.2 Å². The number of aliphatic hydroxyl groups is 12. The van der Waals surface area contributed by atoms with Crippen molar-refractivity contribution >= 4 is 5.78 Å². The molecule has 0 unspecified atom stereocenters. The number of carbonyl (C=O) groups excluding carboxylic acids is 1. The molecule has 3 aliphatic heterocycles. The van der Waals surface area contributed by atoms with E-state index in [-0.39, 0.29) is 54.6 Å². The molecule has 12 N–H and O–H groups in total. The Morgan fingerprint density at radius 1 is 0.746 bits per heavy atom. The fourth-order valence-electron chi connectivity index (χ4n) is 13.9. The van der Waals surface area contributed by atoms with E-state index in [1.807, 2.05) is 0 Å². The second-order valence-corrected chi connectivity index (χ2v) is 23.1. The summed E-state index contributed by atoms with van der Waals surface area (Å²) >= 11 is 0. The number of hydrogen-bond acceptors (Lipinski definition) is 19. The van der Waals surface area contributed by atoms with Crippen LogP contribution in [0.1, 0.15) is 113 Å². The molecule has 0 amide bonds. The number of ketones is 1. The minimum atomic E-state index is -1.77. The molecule has 0 radical (unpaired) electrons. The molecule has 4 aliphatic carbocycles. The highest BCUT2D eigenvalue weighted by Gasteiger charge is 2.72. The van der Waals surface area contributed by atoms with Crippen molar-refractivity contribution in [3.8, 4) is 0 Å². The van der Waals surface area contributed by atoms with Crippen LogP contribution in [0.15, 0.2) is 11.6 Å². The largest absolute Gasteiger partial charge is 0.394 e. The third kappa shape index (κ3) is 9.26. The second-order valence-electron chi connectivity index (χ2n) is 23.1. The summed E-state index contributed by atoms with van der Waals surface area (Å²) in [5.74, 6) is -0.350. The number of rotatable bonds is 14. The monoisotopic (exact) mass is 961 g/mol. The second kappa shape index (κ2) is 19.3. The summed E-state index contributed by atoms with van der Waals surface area (Å²) in [7, 11) is 0. The first kappa shape index (κ1) is 53.5. The van der Waals surface area contributed by atoms with Gasteiger partial charge in [-0.05, 0) is 94.3 Å². The summed E-state index contributed by atoms with van der Waals surface area (Å²) in [5, 5.41) is 128. The molecule has 386 valence electrons. The van der Waals surface area contributed by atoms with Crippen molar-refractivity contribution in [1.82, 2.24) is 0 Å². The molecule has 3 heterocycles. The minimum Gasteiger partial charge on any atom is -0.394 e. The number of carbonyl (C=O) groups is 1. The molecule has 7 rings (SSSR count). The molecule has 3 saturated heterocycles. The van der Waals surface area contributed by atoms with Gasteiger partial charge in [0.05, 0.1) is 55.4 Å². The highest BCUT2D eigenvalue weighted by Crippen LogP contribution is 2.74. The van der Waals surface area contributed by atoms with Crippen LogP contribution in [0, 0.1) is 39.4 Å². The van der Waals surface area contributed by atoms with E-state index in [1.54, 1.807) is 6.92 Å². The van der Waals surface area contributed by atoms with Crippen LogP contribution in [0.2, 0.25) is 0 Å². The van der Waals surface area contributed by atoms with Gasteiger partial charge in [-0.1, -0.05) is 46.3 Å². The van der Waals surface area contributed by atoms with Crippen LogP contribution in [0.4, 0.5) is 0 Å². The van der Waals surface area contributed by atoms with Gasteiger partial charge in [0.25, 0.3) is 0 Å². The molecule has 67 heavy (non-hydrogen) atoms. The molecular formula is C48H80O19. The average Bonchev–Trinajstić information content (AvgIpc) is 3.54. The Balaban J connectivity index is 1.04. The molecule has 7 aliphatic rings. The molecule has 0 aromatic heterocycles. The predicted octanol–water partition coefficient (Wildman–Crippen LogP) is -0.704. The maximum Gasteiger partial charge on any atom is 0.187 e. The lowest BCUT2D eigenvalue weighted by Crippen LogP contribution is -2.64. The van der Waals surface area contributed by atoms with Gasteiger partial charge in [-0.3, -0.25) is 4.79 Å². The van der Waals surface area contributed by atoms with E-state index in [4.69, 9.17) is 28.4 Å². The number of allylic oxidation sites excluding steroid dienone is 1. The zero-order chi connectivity index (χ0) is 49.6. The maximum absolute atomic E-state index is 15.0. The SMILES string of the molecule is CC(C)(O)[C@@H](CC[C@](C)(O)[C@H]1CC[C@@]2(C)[C@@H]3CC=C4[C@@H](CC[C@H](O[C@@H]5O[C@H](CO)[C@@H](O)[C@H](O)[C@H]5O)C4(C)C)[C@]3(C)C(=O)C[C@]12C)O[C@@H]1O[C@H](CO[C@@H]2O[C@H](CO)C[C@H](O)[C@H]2O)[C@@H](O)[C@H](O)[C@H]1O. The van der Waals surface area contributed by atoms with E-state index in [1.165, 1.54) is 13.8 Å². The highest BCUT2D eigenvalue weighted by molar-refractivity contribution is 5.88. The molecule has 19 nitrogen and oxygen atoms in total. The predicted molar refractivity (Wildman–Crippen MR) is 234 cm³/mol. The average molecular weight is 961 g/mol. The number of fused-ring (bicyclic) bond motifs is 5. The van der Waals surface area contributed by atoms with Crippen molar-refractivity contribution in [2.24, 2.45) is 39.4 Å². The smallest absolute Gasteiger partial charge is 0.187 e. The van der Waals surface area contributed by atoms with Crippen LogP contribution in [-0.4, -0.2) is 196 Å². The lowest BCUT2D eigenvalue weighted by atomic mass is 9.38. The maximum atomic E-state index is 15.0. The third-order valence-corrected chi connectivity index (χ3v) is 18.3. The van der Waals surface area contributed by atoms with Gasteiger partial charge in [-0.25, -0.2) is 0 Å². The Hall–Kier alpha value is -1.31. The van der Waals surface area contributed by atoms with Gasteiger partial charge in [-0.15, -0.1) is 0 Å². The number of Topliss-reactive ketones (excluding diaryl/α,β-unsaturated/α-hetero) is 1. The molecule has 6 fully saturated rings. The van der Waals surface area contributed by atoms with Crippen LogP contribution in [0.5, 0.6) is 0 Å². The minimum absolute atomic E-state index is 0.0267. The Bertz CT molecular complexity index is 1770. The first-order valence-corrected chi connectivity index (χ1v) is 24.3. The highest BCUT2D eigenvalue weighted by atomic mass is 16.7. The standard InChI is InChI=1S/C48H80O19/c1-43(2)23-9-11-29-45(5)15-13-28(46(45,6)18-30(52)48(29,8)24(23)10-12-31(43)66-41-38(58)36(56)34(54)26(20-50)64-41)47(7,61)16-14-32(44(3,4)60)67-42-39(59)37(57)35(55)27(65-42)21-62-40-33(53)25(51)17-22(19-49)63-40/h9,22,24-29,31-42,49-51,53-61H,10-21H2,1-8H3/t22-,24+,25-,26+,27+,28-,29-,31-,32+,33+,34+,35+,36-,37-,38+,39+,40+,41-,42-,45-,46+,47-,48-/m0/s1. The summed E-state index contributed by atoms with van der Waals surface area (Å²) in [5.41, 5.74) is -4.14. The molecule has 23 atom stereocenters. The van der Waals surface area contributed by atoms with Crippen molar-refractivity contribution in [1.29, 1.82) is 0 Å². The Morgan fingerprint density at radius 3 is 2.00 bits per heavy atom. The fourth-order valence-corrected chi connectivity index (χ4v) is 13.9.